The fourth-order valence-corrected chi connectivity index (χ4v) is 1.88. The van der Waals surface area contributed by atoms with Gasteiger partial charge in [-0.2, -0.15) is 0 Å². The average molecular weight is 277 g/mol. The summed E-state index contributed by atoms with van der Waals surface area (Å²) in [5.74, 6) is -2.00. The van der Waals surface area contributed by atoms with Gasteiger partial charge in [-0.3, -0.25) is 0 Å². The number of anilines is 1. The van der Waals surface area contributed by atoms with E-state index in [2.05, 4.69) is 5.32 Å². The minimum Gasteiger partial charge on any atom is -0.478 e. The number of benzene rings is 2. The normalized spacial score (nSPS) is 10.3. The number of nitrogens with one attached hydrogen (secondary N) is 1. The van der Waals surface area contributed by atoms with Crippen molar-refractivity contribution in [3.8, 4) is 0 Å². The molecule has 5 heteroatoms. The van der Waals surface area contributed by atoms with Crippen molar-refractivity contribution in [2.45, 2.75) is 13.5 Å². The Hall–Kier alpha value is -2.43. The Morgan fingerprint density at radius 3 is 2.60 bits per heavy atom. The topological polar surface area (TPSA) is 49.3 Å². The molecule has 0 radical (unpaired) electrons. The molecule has 0 saturated carbocycles. The van der Waals surface area contributed by atoms with Gasteiger partial charge in [0, 0.05) is 17.8 Å². The van der Waals surface area contributed by atoms with Crippen LogP contribution in [0.25, 0.3) is 0 Å². The third kappa shape index (κ3) is 3.32. The highest BCUT2D eigenvalue weighted by molar-refractivity contribution is 5.87. The van der Waals surface area contributed by atoms with Gasteiger partial charge in [-0.1, -0.05) is 0 Å². The zero-order chi connectivity index (χ0) is 14.7. The summed E-state index contributed by atoms with van der Waals surface area (Å²) >= 11 is 0. The van der Waals surface area contributed by atoms with E-state index in [1.54, 1.807) is 13.0 Å². The number of aryl methyl sites for hydroxylation is 1. The second-order valence-corrected chi connectivity index (χ2v) is 4.48. The maximum Gasteiger partial charge on any atom is 0.335 e. The van der Waals surface area contributed by atoms with Crippen molar-refractivity contribution in [1.82, 2.24) is 0 Å². The largest absolute Gasteiger partial charge is 0.478 e. The Kier molecular flexibility index (Phi) is 3.98. The second kappa shape index (κ2) is 5.69. The van der Waals surface area contributed by atoms with E-state index in [1.165, 1.54) is 24.3 Å². The number of carboxylic acids is 1. The van der Waals surface area contributed by atoms with Crippen molar-refractivity contribution in [3.05, 3.63) is 64.7 Å². The van der Waals surface area contributed by atoms with Gasteiger partial charge in [-0.05, 0) is 48.9 Å². The quantitative estimate of drug-likeness (QED) is 0.898. The molecule has 0 heterocycles. The SMILES string of the molecule is Cc1cc(F)cc(NCc2cc(C(=O)O)ccc2F)c1. The first-order chi connectivity index (χ1) is 9.45. The fraction of sp³-hybridized carbons (Fsp3) is 0.133. The Morgan fingerprint density at radius 1 is 1.20 bits per heavy atom. The lowest BCUT2D eigenvalue weighted by atomic mass is 10.1. The maximum atomic E-state index is 13.6. The molecule has 0 unspecified atom stereocenters. The van der Waals surface area contributed by atoms with Crippen molar-refractivity contribution in [1.29, 1.82) is 0 Å². The predicted molar refractivity (Wildman–Crippen MR) is 71.8 cm³/mol. The van der Waals surface area contributed by atoms with Crippen molar-refractivity contribution in [3.63, 3.8) is 0 Å². The van der Waals surface area contributed by atoms with Crippen LogP contribution in [0.5, 0.6) is 0 Å². The highest BCUT2D eigenvalue weighted by Gasteiger charge is 2.08. The number of hydrogen-bond donors (Lipinski definition) is 2. The van der Waals surface area contributed by atoms with Gasteiger partial charge < -0.3 is 10.4 Å². The number of aromatic carboxylic acids is 1. The monoisotopic (exact) mass is 277 g/mol. The first-order valence-electron chi connectivity index (χ1n) is 5.98. The maximum absolute atomic E-state index is 13.6. The third-order valence-electron chi connectivity index (χ3n) is 2.82. The van der Waals surface area contributed by atoms with E-state index in [0.717, 1.165) is 11.6 Å². The number of carboxylic acid groups (broad SMARTS) is 1. The Bertz CT molecular complexity index is 636. The molecule has 0 spiro atoms. The smallest absolute Gasteiger partial charge is 0.335 e. The van der Waals surface area contributed by atoms with Crippen LogP contribution in [0, 0.1) is 18.6 Å². The Balaban J connectivity index is 2.18. The summed E-state index contributed by atoms with van der Waals surface area (Å²) < 4.78 is 26.8. The van der Waals surface area contributed by atoms with E-state index in [-0.39, 0.29) is 23.5 Å². The Morgan fingerprint density at radius 2 is 1.95 bits per heavy atom. The molecule has 0 saturated heterocycles. The molecule has 2 aromatic carbocycles. The summed E-state index contributed by atoms with van der Waals surface area (Å²) in [4.78, 5) is 10.8. The molecular formula is C15H13F2NO2. The molecule has 2 aromatic rings. The fourth-order valence-electron chi connectivity index (χ4n) is 1.88. The predicted octanol–water partition coefficient (Wildman–Crippen LogP) is 3.58. The summed E-state index contributed by atoms with van der Waals surface area (Å²) in [5, 5.41) is 11.7. The van der Waals surface area contributed by atoms with Crippen LogP contribution in [0.3, 0.4) is 0 Å². The van der Waals surface area contributed by atoms with Crippen LogP contribution in [0.15, 0.2) is 36.4 Å². The van der Waals surface area contributed by atoms with Crippen molar-refractivity contribution < 1.29 is 18.7 Å². The van der Waals surface area contributed by atoms with Gasteiger partial charge in [0.1, 0.15) is 11.6 Å². The molecule has 0 aliphatic heterocycles. The third-order valence-corrected chi connectivity index (χ3v) is 2.82. The van der Waals surface area contributed by atoms with E-state index in [9.17, 15) is 13.6 Å². The molecule has 0 bridgehead atoms. The summed E-state index contributed by atoms with van der Waals surface area (Å²) in [7, 11) is 0. The van der Waals surface area contributed by atoms with Gasteiger partial charge in [0.15, 0.2) is 0 Å². The number of halogens is 2. The summed E-state index contributed by atoms with van der Waals surface area (Å²) in [5.41, 5.74) is 1.49. The van der Waals surface area contributed by atoms with E-state index in [1.807, 2.05) is 0 Å². The Labute approximate surface area is 114 Å². The second-order valence-electron chi connectivity index (χ2n) is 4.48. The molecule has 0 fully saturated rings. The van der Waals surface area contributed by atoms with Crippen LogP contribution in [-0.4, -0.2) is 11.1 Å². The van der Waals surface area contributed by atoms with Crippen LogP contribution in [0.2, 0.25) is 0 Å². The molecule has 0 aliphatic rings. The van der Waals surface area contributed by atoms with E-state index in [0.29, 0.717) is 5.69 Å². The molecule has 3 nitrogen and oxygen atoms in total. The average Bonchev–Trinajstić information content (AvgIpc) is 2.36. The summed E-state index contributed by atoms with van der Waals surface area (Å²) in [6, 6.07) is 7.98. The van der Waals surface area contributed by atoms with Gasteiger partial charge in [0.25, 0.3) is 0 Å². The lowest BCUT2D eigenvalue weighted by Crippen LogP contribution is -2.05. The zero-order valence-corrected chi connectivity index (χ0v) is 10.8. The van der Waals surface area contributed by atoms with Gasteiger partial charge in [0.2, 0.25) is 0 Å². The number of hydrogen-bond acceptors (Lipinski definition) is 2. The molecule has 104 valence electrons. The van der Waals surface area contributed by atoms with E-state index in [4.69, 9.17) is 5.11 Å². The number of carbonyl (C=O) groups is 1. The first kappa shape index (κ1) is 14.0. The minimum atomic E-state index is -1.12. The van der Waals surface area contributed by atoms with Crippen LogP contribution in [-0.2, 0) is 6.54 Å². The van der Waals surface area contributed by atoms with Gasteiger partial charge in [0.05, 0.1) is 5.56 Å². The molecular weight excluding hydrogens is 264 g/mol. The number of rotatable bonds is 4. The molecule has 2 rings (SSSR count). The van der Waals surface area contributed by atoms with Crippen LogP contribution in [0.4, 0.5) is 14.5 Å². The van der Waals surface area contributed by atoms with Gasteiger partial charge in [-0.15, -0.1) is 0 Å². The molecule has 0 atom stereocenters. The highest BCUT2D eigenvalue weighted by atomic mass is 19.1. The lowest BCUT2D eigenvalue weighted by Gasteiger charge is -2.09. The minimum absolute atomic E-state index is 0.0126. The molecule has 0 aliphatic carbocycles. The van der Waals surface area contributed by atoms with Crippen molar-refractivity contribution in [2.75, 3.05) is 5.32 Å². The molecule has 2 N–H and O–H groups in total. The summed E-state index contributed by atoms with van der Waals surface area (Å²) in [6.45, 7) is 1.83. The molecule has 0 amide bonds. The lowest BCUT2D eigenvalue weighted by molar-refractivity contribution is 0.0696. The standard InChI is InChI=1S/C15H13F2NO2/c1-9-4-12(16)7-13(5-9)18-8-11-6-10(15(19)20)2-3-14(11)17/h2-7,18H,8H2,1H3,(H,19,20). The van der Waals surface area contributed by atoms with Crippen molar-refractivity contribution in [2.24, 2.45) is 0 Å². The summed E-state index contributed by atoms with van der Waals surface area (Å²) in [6.07, 6.45) is 0. The highest BCUT2D eigenvalue weighted by Crippen LogP contribution is 2.16. The van der Waals surface area contributed by atoms with E-state index < -0.39 is 11.8 Å². The van der Waals surface area contributed by atoms with Crippen LogP contribution in [0.1, 0.15) is 21.5 Å². The van der Waals surface area contributed by atoms with Gasteiger partial charge in [-0.25, -0.2) is 13.6 Å². The van der Waals surface area contributed by atoms with Crippen LogP contribution >= 0.6 is 0 Å². The zero-order valence-electron chi connectivity index (χ0n) is 10.8. The van der Waals surface area contributed by atoms with E-state index >= 15 is 0 Å². The van der Waals surface area contributed by atoms with Crippen molar-refractivity contribution >= 4 is 11.7 Å². The van der Waals surface area contributed by atoms with Crippen LogP contribution < -0.4 is 5.32 Å². The molecule has 20 heavy (non-hydrogen) atoms. The molecule has 0 aromatic heterocycles. The first-order valence-corrected chi connectivity index (χ1v) is 5.98. The van der Waals surface area contributed by atoms with Gasteiger partial charge >= 0.3 is 5.97 Å².